The zero-order valence-corrected chi connectivity index (χ0v) is 11.8. The van der Waals surface area contributed by atoms with Crippen molar-refractivity contribution in [2.75, 3.05) is 5.75 Å². The maximum Gasteiger partial charge on any atom is 0.222 e. The minimum Gasteiger partial charge on any atom is -0.305 e. The molecule has 6 heteroatoms. The maximum atomic E-state index is 11.0. The van der Waals surface area contributed by atoms with Gasteiger partial charge in [0.25, 0.3) is 0 Å². The van der Waals surface area contributed by atoms with Crippen LogP contribution in [0.25, 0.3) is 0 Å². The van der Waals surface area contributed by atoms with E-state index in [2.05, 4.69) is 10.3 Å². The molecule has 0 radical (unpaired) electrons. The summed E-state index contributed by atoms with van der Waals surface area (Å²) in [7, 11) is 0. The van der Waals surface area contributed by atoms with E-state index in [1.807, 2.05) is 6.92 Å². The Morgan fingerprint density at radius 2 is 2.00 bits per heavy atom. The summed E-state index contributed by atoms with van der Waals surface area (Å²) in [5, 5.41) is 4.05. The van der Waals surface area contributed by atoms with Crippen LogP contribution in [0.3, 0.4) is 0 Å². The van der Waals surface area contributed by atoms with E-state index in [0.717, 1.165) is 5.75 Å². The fourth-order valence-electron chi connectivity index (χ4n) is 1.08. The first-order chi connectivity index (χ1) is 8.04. The van der Waals surface area contributed by atoms with Gasteiger partial charge in [0.05, 0.1) is 10.0 Å². The van der Waals surface area contributed by atoms with Crippen molar-refractivity contribution in [2.45, 2.75) is 13.8 Å². The van der Waals surface area contributed by atoms with Crippen LogP contribution in [0, 0.1) is 0 Å². The van der Waals surface area contributed by atoms with Gasteiger partial charge in [-0.1, -0.05) is 48.0 Å². The van der Waals surface area contributed by atoms with Gasteiger partial charge in [-0.05, 0) is 17.9 Å². The van der Waals surface area contributed by atoms with E-state index in [-0.39, 0.29) is 5.91 Å². The van der Waals surface area contributed by atoms with Crippen LogP contribution < -0.4 is 5.32 Å². The molecule has 0 aliphatic rings. The number of carbonyl (C=O) groups excluding carboxylic acids is 1. The highest BCUT2D eigenvalue weighted by molar-refractivity contribution is 8.13. The van der Waals surface area contributed by atoms with Crippen LogP contribution in [-0.2, 0) is 4.79 Å². The molecule has 17 heavy (non-hydrogen) atoms. The minimum atomic E-state index is -0.173. The smallest absolute Gasteiger partial charge is 0.222 e. The number of benzene rings is 1. The summed E-state index contributed by atoms with van der Waals surface area (Å²) in [4.78, 5) is 15.3. The Morgan fingerprint density at radius 1 is 1.41 bits per heavy atom. The zero-order chi connectivity index (χ0) is 12.8. The number of hydrogen-bond acceptors (Lipinski definition) is 3. The zero-order valence-electron chi connectivity index (χ0n) is 9.46. The molecule has 0 aromatic heterocycles. The van der Waals surface area contributed by atoms with E-state index in [9.17, 15) is 4.79 Å². The van der Waals surface area contributed by atoms with E-state index in [4.69, 9.17) is 23.2 Å². The van der Waals surface area contributed by atoms with Crippen LogP contribution >= 0.6 is 35.0 Å². The third kappa shape index (κ3) is 4.58. The fraction of sp³-hybridized carbons (Fsp3) is 0.273. The number of nitrogens with one attached hydrogen (secondary N) is 1. The molecule has 1 rings (SSSR count). The average Bonchev–Trinajstić information content (AvgIpc) is 2.23. The predicted molar refractivity (Wildman–Crippen MR) is 75.5 cm³/mol. The van der Waals surface area contributed by atoms with E-state index < -0.39 is 0 Å². The Kier molecular flexibility index (Phi) is 5.82. The monoisotopic (exact) mass is 290 g/mol. The van der Waals surface area contributed by atoms with Gasteiger partial charge in [0.1, 0.15) is 5.69 Å². The molecule has 0 bridgehead atoms. The lowest BCUT2D eigenvalue weighted by atomic mass is 10.3. The minimum absolute atomic E-state index is 0.173. The van der Waals surface area contributed by atoms with Crippen LogP contribution in [0.1, 0.15) is 13.8 Å². The number of para-hydroxylation sites is 1. The third-order valence-electron chi connectivity index (χ3n) is 1.71. The molecule has 1 amide bonds. The van der Waals surface area contributed by atoms with Crippen LogP contribution in [-0.4, -0.2) is 16.8 Å². The number of amides is 1. The SMILES string of the molecule is CCSC(=Nc1c(Cl)cccc1Cl)NC(C)=O. The first kappa shape index (κ1) is 14.4. The highest BCUT2D eigenvalue weighted by Gasteiger charge is 2.07. The van der Waals surface area contributed by atoms with Crippen LogP contribution in [0.5, 0.6) is 0 Å². The predicted octanol–water partition coefficient (Wildman–Crippen LogP) is 3.87. The van der Waals surface area contributed by atoms with Gasteiger partial charge in [-0.3, -0.25) is 4.79 Å². The molecule has 0 heterocycles. The molecule has 92 valence electrons. The molecule has 0 saturated heterocycles. The molecular weight excluding hydrogens is 279 g/mol. The molecule has 0 aliphatic carbocycles. The normalized spacial score (nSPS) is 11.4. The Hall–Kier alpha value is -0.710. The number of carbonyl (C=O) groups is 1. The third-order valence-corrected chi connectivity index (χ3v) is 3.08. The maximum absolute atomic E-state index is 11.0. The molecule has 0 unspecified atom stereocenters. The first-order valence-corrected chi connectivity index (χ1v) is 6.71. The lowest BCUT2D eigenvalue weighted by molar-refractivity contribution is -0.117. The van der Waals surface area contributed by atoms with Crippen LogP contribution in [0.15, 0.2) is 23.2 Å². The molecule has 1 N–H and O–H groups in total. The number of thioether (sulfide) groups is 1. The van der Waals surface area contributed by atoms with Gasteiger partial charge in [0.2, 0.25) is 5.91 Å². The highest BCUT2D eigenvalue weighted by atomic mass is 35.5. The second-order valence-electron chi connectivity index (χ2n) is 3.10. The van der Waals surface area contributed by atoms with E-state index in [1.165, 1.54) is 18.7 Å². The standard InChI is InChI=1S/C11H12Cl2N2OS/c1-3-17-11(14-7(2)16)15-10-8(12)5-4-6-9(10)13/h4-6H,3H2,1-2H3,(H,14,15,16). The Bertz CT molecular complexity index is 429. The van der Waals surface area contributed by atoms with Crippen molar-refractivity contribution in [1.82, 2.24) is 5.32 Å². The van der Waals surface area contributed by atoms with Crippen molar-refractivity contribution in [1.29, 1.82) is 0 Å². The second-order valence-corrected chi connectivity index (χ2v) is 5.17. The number of nitrogens with zero attached hydrogens (tertiary/aromatic N) is 1. The summed E-state index contributed by atoms with van der Waals surface area (Å²) in [6.45, 7) is 3.40. The van der Waals surface area contributed by atoms with Gasteiger partial charge in [0, 0.05) is 6.92 Å². The molecule has 1 aromatic rings. The summed E-state index contributed by atoms with van der Waals surface area (Å²) < 4.78 is 0. The van der Waals surface area contributed by atoms with Crippen molar-refractivity contribution >= 4 is 51.7 Å². The number of rotatable bonds is 2. The molecule has 0 atom stereocenters. The van der Waals surface area contributed by atoms with Crippen molar-refractivity contribution in [3.05, 3.63) is 28.2 Å². The van der Waals surface area contributed by atoms with E-state index in [0.29, 0.717) is 20.9 Å². The number of aliphatic imine (C=N–C) groups is 1. The Morgan fingerprint density at radius 3 is 2.47 bits per heavy atom. The Balaban J connectivity index is 3.07. The van der Waals surface area contributed by atoms with Crippen molar-refractivity contribution < 1.29 is 4.79 Å². The summed E-state index contributed by atoms with van der Waals surface area (Å²) >= 11 is 13.4. The molecular formula is C11H12Cl2N2OS. The first-order valence-electron chi connectivity index (χ1n) is 4.97. The molecule has 0 saturated carbocycles. The van der Waals surface area contributed by atoms with Gasteiger partial charge in [-0.15, -0.1) is 0 Å². The number of amidine groups is 1. The fourth-order valence-corrected chi connectivity index (χ4v) is 2.21. The molecule has 0 aliphatic heterocycles. The van der Waals surface area contributed by atoms with E-state index in [1.54, 1.807) is 18.2 Å². The summed E-state index contributed by atoms with van der Waals surface area (Å²) in [6, 6.07) is 5.15. The van der Waals surface area contributed by atoms with Gasteiger partial charge in [0.15, 0.2) is 5.17 Å². The highest BCUT2D eigenvalue weighted by Crippen LogP contribution is 2.33. The van der Waals surface area contributed by atoms with E-state index >= 15 is 0 Å². The molecule has 0 fully saturated rings. The van der Waals surface area contributed by atoms with Crippen LogP contribution in [0.2, 0.25) is 10.0 Å². The lowest BCUT2D eigenvalue weighted by Gasteiger charge is -2.07. The summed E-state index contributed by atoms with van der Waals surface area (Å²) in [6.07, 6.45) is 0. The topological polar surface area (TPSA) is 41.5 Å². The summed E-state index contributed by atoms with van der Waals surface area (Å²) in [5.41, 5.74) is 0.473. The number of halogens is 2. The van der Waals surface area contributed by atoms with Gasteiger partial charge >= 0.3 is 0 Å². The van der Waals surface area contributed by atoms with Gasteiger partial charge in [-0.25, -0.2) is 4.99 Å². The Labute approximate surface area is 115 Å². The van der Waals surface area contributed by atoms with Crippen LogP contribution in [0.4, 0.5) is 5.69 Å². The molecule has 1 aromatic carbocycles. The molecule has 0 spiro atoms. The summed E-state index contributed by atoms with van der Waals surface area (Å²) in [5.74, 6) is 0.620. The van der Waals surface area contributed by atoms with Crippen molar-refractivity contribution in [3.63, 3.8) is 0 Å². The lowest BCUT2D eigenvalue weighted by Crippen LogP contribution is -2.25. The van der Waals surface area contributed by atoms with Gasteiger partial charge in [-0.2, -0.15) is 0 Å². The average molecular weight is 291 g/mol. The van der Waals surface area contributed by atoms with Gasteiger partial charge < -0.3 is 5.32 Å². The van der Waals surface area contributed by atoms with Crippen molar-refractivity contribution in [2.24, 2.45) is 4.99 Å². The second kappa shape index (κ2) is 6.89. The van der Waals surface area contributed by atoms with Crippen molar-refractivity contribution in [3.8, 4) is 0 Å². The quantitative estimate of drug-likeness (QED) is 0.664. The largest absolute Gasteiger partial charge is 0.305 e. The number of hydrogen-bond donors (Lipinski definition) is 1. The molecule has 3 nitrogen and oxygen atoms in total.